The lowest BCUT2D eigenvalue weighted by Gasteiger charge is -2.34. The van der Waals surface area contributed by atoms with Crippen LogP contribution in [0.5, 0.6) is 5.75 Å². The largest absolute Gasteiger partial charge is 0.497 e. The zero-order valence-electron chi connectivity index (χ0n) is 13.3. The van der Waals surface area contributed by atoms with E-state index in [9.17, 15) is 13.2 Å². The van der Waals surface area contributed by atoms with E-state index in [1.54, 1.807) is 16.9 Å². The normalized spacial score (nSPS) is 22.3. The van der Waals surface area contributed by atoms with E-state index in [1.165, 1.54) is 10.6 Å². The van der Waals surface area contributed by atoms with E-state index in [0.717, 1.165) is 11.3 Å². The number of fused-ring (bicyclic) bond motifs is 1. The molecule has 2 aliphatic rings. The molecule has 2 saturated heterocycles. The summed E-state index contributed by atoms with van der Waals surface area (Å²) in [5.74, 6) is 0.780. The second kappa shape index (κ2) is 6.01. The fourth-order valence-electron chi connectivity index (χ4n) is 3.13. The number of piperazine rings is 1. The van der Waals surface area contributed by atoms with Crippen molar-refractivity contribution < 1.29 is 17.9 Å². The Morgan fingerprint density at radius 2 is 1.87 bits per heavy atom. The van der Waals surface area contributed by atoms with Crippen molar-refractivity contribution in [1.82, 2.24) is 14.1 Å². The maximum Gasteiger partial charge on any atom is 0.320 e. The summed E-state index contributed by atoms with van der Waals surface area (Å²) in [4.78, 5) is 16.0. The topological polar surface area (TPSA) is 70.2 Å². The van der Waals surface area contributed by atoms with E-state index in [1.807, 2.05) is 24.3 Å². The second-order valence-electron chi connectivity index (χ2n) is 5.98. The molecule has 0 N–H and O–H groups in total. The number of ether oxygens (including phenoxy) is 1. The van der Waals surface area contributed by atoms with Gasteiger partial charge in [-0.2, -0.15) is 4.31 Å². The van der Waals surface area contributed by atoms with E-state index >= 15 is 0 Å². The van der Waals surface area contributed by atoms with Gasteiger partial charge >= 0.3 is 6.03 Å². The highest BCUT2D eigenvalue weighted by atomic mass is 32.2. The highest BCUT2D eigenvalue weighted by molar-refractivity contribution is 7.88. The van der Waals surface area contributed by atoms with E-state index in [-0.39, 0.29) is 12.1 Å². The number of hydrogen-bond donors (Lipinski definition) is 0. The number of urea groups is 1. The fraction of sp³-hybridized carbons (Fsp3) is 0.533. The van der Waals surface area contributed by atoms with E-state index in [0.29, 0.717) is 32.7 Å². The summed E-state index contributed by atoms with van der Waals surface area (Å²) in [6.07, 6.45) is 1.22. The van der Waals surface area contributed by atoms with Crippen molar-refractivity contribution in [3.63, 3.8) is 0 Å². The number of carbonyl (C=O) groups is 1. The highest BCUT2D eigenvalue weighted by Gasteiger charge is 2.42. The average Bonchev–Trinajstić information content (AvgIpc) is 2.83. The highest BCUT2D eigenvalue weighted by Crippen LogP contribution is 2.24. The molecule has 0 unspecified atom stereocenters. The summed E-state index contributed by atoms with van der Waals surface area (Å²) < 4.78 is 30.0. The lowest BCUT2D eigenvalue weighted by atomic mass is 10.2. The van der Waals surface area contributed by atoms with Gasteiger partial charge in [0.1, 0.15) is 5.75 Å². The van der Waals surface area contributed by atoms with Crippen LogP contribution in [0.25, 0.3) is 0 Å². The first kappa shape index (κ1) is 16.1. The van der Waals surface area contributed by atoms with Gasteiger partial charge in [0.2, 0.25) is 10.0 Å². The van der Waals surface area contributed by atoms with Crippen molar-refractivity contribution in [2.45, 2.75) is 12.6 Å². The molecule has 1 aromatic carbocycles. The van der Waals surface area contributed by atoms with E-state index in [2.05, 4.69) is 0 Å². The van der Waals surface area contributed by atoms with Gasteiger partial charge in [-0.05, 0) is 17.7 Å². The van der Waals surface area contributed by atoms with Crippen LogP contribution in [-0.4, -0.2) is 74.1 Å². The van der Waals surface area contributed by atoms with Gasteiger partial charge in [-0.1, -0.05) is 12.1 Å². The van der Waals surface area contributed by atoms with Gasteiger partial charge in [0.05, 0.1) is 19.4 Å². The van der Waals surface area contributed by atoms with Crippen LogP contribution >= 0.6 is 0 Å². The van der Waals surface area contributed by atoms with Gasteiger partial charge in [0, 0.05) is 32.7 Å². The first-order valence-electron chi connectivity index (χ1n) is 7.52. The summed E-state index contributed by atoms with van der Waals surface area (Å²) >= 11 is 0. The number of benzene rings is 1. The van der Waals surface area contributed by atoms with Crippen molar-refractivity contribution in [3.05, 3.63) is 29.8 Å². The Kier molecular flexibility index (Phi) is 4.20. The van der Waals surface area contributed by atoms with Crippen LogP contribution in [0.1, 0.15) is 5.56 Å². The lowest BCUT2D eigenvalue weighted by molar-refractivity contribution is 0.159. The molecule has 3 rings (SSSR count). The first-order chi connectivity index (χ1) is 10.9. The third kappa shape index (κ3) is 3.28. The summed E-state index contributed by atoms with van der Waals surface area (Å²) in [7, 11) is -1.59. The summed E-state index contributed by atoms with van der Waals surface area (Å²) in [5, 5.41) is 0. The quantitative estimate of drug-likeness (QED) is 0.804. The van der Waals surface area contributed by atoms with Crippen molar-refractivity contribution >= 4 is 16.1 Å². The second-order valence-corrected chi connectivity index (χ2v) is 7.96. The molecule has 2 amide bonds. The average molecular weight is 339 g/mol. The van der Waals surface area contributed by atoms with Crippen molar-refractivity contribution in [1.29, 1.82) is 0 Å². The molecule has 1 aromatic rings. The Balaban J connectivity index is 1.68. The molecule has 0 radical (unpaired) electrons. The Morgan fingerprint density at radius 3 is 2.48 bits per heavy atom. The molecule has 126 valence electrons. The van der Waals surface area contributed by atoms with Crippen molar-refractivity contribution in [2.24, 2.45) is 0 Å². The monoisotopic (exact) mass is 339 g/mol. The first-order valence-corrected chi connectivity index (χ1v) is 9.37. The Morgan fingerprint density at radius 1 is 1.17 bits per heavy atom. The molecule has 2 heterocycles. The molecular weight excluding hydrogens is 318 g/mol. The number of carbonyl (C=O) groups excluding carboxylic acids is 1. The smallest absolute Gasteiger partial charge is 0.320 e. The molecule has 8 heteroatoms. The fourth-order valence-corrected chi connectivity index (χ4v) is 3.99. The predicted molar refractivity (Wildman–Crippen MR) is 85.7 cm³/mol. The molecule has 1 atom stereocenters. The van der Waals surface area contributed by atoms with Gasteiger partial charge in [-0.15, -0.1) is 0 Å². The Bertz CT molecular complexity index is 689. The van der Waals surface area contributed by atoms with E-state index in [4.69, 9.17) is 4.74 Å². The molecule has 0 aliphatic carbocycles. The van der Waals surface area contributed by atoms with Gasteiger partial charge < -0.3 is 14.5 Å². The summed E-state index contributed by atoms with van der Waals surface area (Å²) in [5.41, 5.74) is 1.03. The molecule has 2 aliphatic heterocycles. The van der Waals surface area contributed by atoms with Gasteiger partial charge in [0.15, 0.2) is 0 Å². The SMILES string of the molecule is COc1ccc(CN2C[C@H]3CN(S(C)(=O)=O)CCN3C2=O)cc1. The van der Waals surface area contributed by atoms with Gasteiger partial charge in [-0.25, -0.2) is 13.2 Å². The zero-order chi connectivity index (χ0) is 16.6. The molecule has 0 aromatic heterocycles. The Labute approximate surface area is 136 Å². The standard InChI is InChI=1S/C15H21N3O4S/c1-22-14-5-3-12(4-6-14)9-16-10-13-11-17(23(2,20)21)7-8-18(13)15(16)19/h3-6,13H,7-11H2,1-2H3/t13-/m0/s1. The summed E-state index contributed by atoms with van der Waals surface area (Å²) in [6.45, 7) is 2.28. The maximum absolute atomic E-state index is 12.5. The van der Waals surface area contributed by atoms with Crippen LogP contribution in [0.3, 0.4) is 0 Å². The van der Waals surface area contributed by atoms with E-state index < -0.39 is 10.0 Å². The minimum absolute atomic E-state index is 0.0148. The molecule has 0 saturated carbocycles. The van der Waals surface area contributed by atoms with Gasteiger partial charge in [-0.3, -0.25) is 0 Å². The molecule has 7 nitrogen and oxygen atoms in total. The maximum atomic E-state index is 12.5. The molecule has 2 fully saturated rings. The van der Waals surface area contributed by atoms with Crippen LogP contribution in [-0.2, 0) is 16.6 Å². The number of nitrogens with zero attached hydrogens (tertiary/aromatic N) is 3. The predicted octanol–water partition coefficient (Wildman–Crippen LogP) is 0.577. The number of methoxy groups -OCH3 is 1. The van der Waals surface area contributed by atoms with Crippen LogP contribution in [0.2, 0.25) is 0 Å². The lowest BCUT2D eigenvalue weighted by Crippen LogP contribution is -2.53. The molecule has 0 spiro atoms. The number of rotatable bonds is 4. The third-order valence-corrected chi connectivity index (χ3v) is 5.66. The van der Waals surface area contributed by atoms with Crippen LogP contribution < -0.4 is 4.74 Å². The molecule has 23 heavy (non-hydrogen) atoms. The zero-order valence-corrected chi connectivity index (χ0v) is 14.1. The number of sulfonamides is 1. The van der Waals surface area contributed by atoms with Gasteiger partial charge in [0.25, 0.3) is 0 Å². The minimum atomic E-state index is -3.20. The minimum Gasteiger partial charge on any atom is -0.497 e. The summed E-state index contributed by atoms with van der Waals surface area (Å²) in [6, 6.07) is 7.53. The van der Waals surface area contributed by atoms with Crippen LogP contribution in [0, 0.1) is 0 Å². The number of amides is 2. The third-order valence-electron chi connectivity index (χ3n) is 4.39. The number of hydrogen-bond acceptors (Lipinski definition) is 4. The van der Waals surface area contributed by atoms with Crippen LogP contribution in [0.15, 0.2) is 24.3 Å². The van der Waals surface area contributed by atoms with Crippen LogP contribution in [0.4, 0.5) is 4.79 Å². The van der Waals surface area contributed by atoms with Crippen molar-refractivity contribution in [3.8, 4) is 5.75 Å². The van der Waals surface area contributed by atoms with Crippen molar-refractivity contribution in [2.75, 3.05) is 39.5 Å². The Hall–Kier alpha value is -1.80. The molecule has 0 bridgehead atoms. The molecular formula is C15H21N3O4S.